The molecule has 0 heterocycles. The Balaban J connectivity index is 2.25. The molecule has 0 saturated carbocycles. The van der Waals surface area contributed by atoms with E-state index in [1.807, 2.05) is 0 Å². The molecule has 2 aliphatic carbocycles. The number of rotatable bonds is 0. The van der Waals surface area contributed by atoms with Crippen LogP contribution in [0.1, 0.15) is 38.8 Å². The fourth-order valence-electron chi connectivity index (χ4n) is 4.55. The lowest BCUT2D eigenvalue weighted by molar-refractivity contribution is 0.300. The van der Waals surface area contributed by atoms with Crippen LogP contribution in [0.3, 0.4) is 0 Å². The van der Waals surface area contributed by atoms with E-state index in [4.69, 9.17) is 0 Å². The Labute approximate surface area is 108 Å². The predicted octanol–water partition coefficient (Wildman–Crippen LogP) is 4.72. The summed E-state index contributed by atoms with van der Waals surface area (Å²) in [4.78, 5) is 0. The van der Waals surface area contributed by atoms with Crippen LogP contribution >= 0.6 is 0 Å². The van der Waals surface area contributed by atoms with E-state index in [9.17, 15) is 0 Å². The number of benzene rings is 2. The zero-order chi connectivity index (χ0) is 12.7. The van der Waals surface area contributed by atoms with Crippen molar-refractivity contribution in [3.8, 4) is 0 Å². The SMILES string of the molecule is CC1=C(C)C2(C)c3cccc4cccc(c34)C12C. The molecule has 0 nitrogen and oxygen atoms in total. The highest BCUT2D eigenvalue weighted by Crippen LogP contribution is 2.67. The molecule has 0 fully saturated rings. The average Bonchev–Trinajstić information content (AvgIpc) is 2.59. The Bertz CT molecular complexity index is 676. The van der Waals surface area contributed by atoms with Gasteiger partial charge in [0.1, 0.15) is 0 Å². The van der Waals surface area contributed by atoms with Crippen molar-refractivity contribution in [3.05, 3.63) is 58.7 Å². The van der Waals surface area contributed by atoms with Crippen molar-refractivity contribution in [3.63, 3.8) is 0 Å². The van der Waals surface area contributed by atoms with Gasteiger partial charge in [0.15, 0.2) is 0 Å². The van der Waals surface area contributed by atoms with Crippen molar-refractivity contribution in [2.24, 2.45) is 0 Å². The molecule has 2 unspecified atom stereocenters. The topological polar surface area (TPSA) is 0 Å². The normalized spacial score (nSPS) is 32.7. The average molecular weight is 234 g/mol. The van der Waals surface area contributed by atoms with Crippen LogP contribution in [0, 0.1) is 0 Å². The third kappa shape index (κ3) is 0.738. The largest absolute Gasteiger partial charge is 0.0619 e. The van der Waals surface area contributed by atoms with E-state index < -0.39 is 0 Å². The first-order valence-electron chi connectivity index (χ1n) is 6.74. The van der Waals surface area contributed by atoms with Crippen LogP contribution in [0.5, 0.6) is 0 Å². The molecule has 0 saturated heterocycles. The molecular weight excluding hydrogens is 216 g/mol. The highest BCUT2D eigenvalue weighted by atomic mass is 14.6. The van der Waals surface area contributed by atoms with Crippen molar-refractivity contribution in [2.75, 3.05) is 0 Å². The van der Waals surface area contributed by atoms with Crippen molar-refractivity contribution in [2.45, 2.75) is 38.5 Å². The second kappa shape index (κ2) is 2.71. The first-order valence-corrected chi connectivity index (χ1v) is 6.74. The fraction of sp³-hybridized carbons (Fsp3) is 0.333. The van der Waals surface area contributed by atoms with Gasteiger partial charge in [0.05, 0.1) is 0 Å². The van der Waals surface area contributed by atoms with Crippen molar-refractivity contribution in [1.29, 1.82) is 0 Å². The van der Waals surface area contributed by atoms with Crippen molar-refractivity contribution < 1.29 is 0 Å². The minimum atomic E-state index is 0.209. The number of fused-ring (bicyclic) bond motifs is 3. The van der Waals surface area contributed by atoms with E-state index in [1.165, 1.54) is 21.9 Å². The van der Waals surface area contributed by atoms with Gasteiger partial charge in [-0.1, -0.05) is 61.4 Å². The summed E-state index contributed by atoms with van der Waals surface area (Å²) in [6.07, 6.45) is 0. The van der Waals surface area contributed by atoms with Gasteiger partial charge in [-0.25, -0.2) is 0 Å². The molecule has 0 amide bonds. The number of hydrogen-bond acceptors (Lipinski definition) is 0. The summed E-state index contributed by atoms with van der Waals surface area (Å²) in [5, 5.41) is 2.89. The summed E-state index contributed by atoms with van der Waals surface area (Å²) in [6, 6.07) is 13.5. The molecule has 0 aliphatic heterocycles. The van der Waals surface area contributed by atoms with Crippen LogP contribution in [0.25, 0.3) is 10.8 Å². The van der Waals surface area contributed by atoms with E-state index in [2.05, 4.69) is 64.1 Å². The molecule has 0 aromatic heterocycles. The van der Waals surface area contributed by atoms with Gasteiger partial charge in [-0.3, -0.25) is 0 Å². The maximum Gasteiger partial charge on any atom is 0.0271 e. The van der Waals surface area contributed by atoms with Gasteiger partial charge in [-0.15, -0.1) is 0 Å². The van der Waals surface area contributed by atoms with Gasteiger partial charge in [-0.2, -0.15) is 0 Å². The predicted molar refractivity (Wildman–Crippen MR) is 77.0 cm³/mol. The van der Waals surface area contributed by atoms with Gasteiger partial charge in [0, 0.05) is 10.8 Å². The van der Waals surface area contributed by atoms with Gasteiger partial charge in [0.25, 0.3) is 0 Å². The van der Waals surface area contributed by atoms with E-state index >= 15 is 0 Å². The summed E-state index contributed by atoms with van der Waals surface area (Å²) in [7, 11) is 0. The lowest BCUT2D eigenvalue weighted by Crippen LogP contribution is -2.52. The molecule has 0 heteroatoms. The van der Waals surface area contributed by atoms with E-state index in [-0.39, 0.29) is 10.8 Å². The van der Waals surface area contributed by atoms with Crippen LogP contribution in [0.4, 0.5) is 0 Å². The molecule has 2 aliphatic rings. The zero-order valence-corrected chi connectivity index (χ0v) is 11.5. The zero-order valence-electron chi connectivity index (χ0n) is 11.5. The minimum absolute atomic E-state index is 0.209. The van der Waals surface area contributed by atoms with E-state index in [1.54, 1.807) is 11.1 Å². The quantitative estimate of drug-likeness (QED) is 0.579. The molecule has 0 spiro atoms. The van der Waals surface area contributed by atoms with Gasteiger partial charge in [0.2, 0.25) is 0 Å². The molecule has 18 heavy (non-hydrogen) atoms. The molecule has 0 bridgehead atoms. The Kier molecular flexibility index (Phi) is 1.56. The van der Waals surface area contributed by atoms with Gasteiger partial charge >= 0.3 is 0 Å². The standard InChI is InChI=1S/C18H18/c1-11-12(2)18(4)15-10-6-8-13-7-5-9-14(16(13)15)17(11,18)3/h5-10H,1-4H3. The van der Waals surface area contributed by atoms with Crippen LogP contribution in [0.15, 0.2) is 47.5 Å². The van der Waals surface area contributed by atoms with Crippen LogP contribution in [0.2, 0.25) is 0 Å². The van der Waals surface area contributed by atoms with E-state index in [0.717, 1.165) is 0 Å². The van der Waals surface area contributed by atoms with Crippen molar-refractivity contribution >= 4 is 10.8 Å². The molecule has 0 radical (unpaired) electrons. The van der Waals surface area contributed by atoms with Crippen LogP contribution < -0.4 is 0 Å². The highest BCUT2D eigenvalue weighted by molar-refractivity contribution is 5.97. The third-order valence-corrected chi connectivity index (χ3v) is 6.04. The Morgan fingerprint density at radius 3 is 1.61 bits per heavy atom. The molecule has 2 aromatic carbocycles. The Hall–Kier alpha value is -1.56. The maximum absolute atomic E-state index is 2.42. The summed E-state index contributed by atoms with van der Waals surface area (Å²) in [5.74, 6) is 0. The highest BCUT2D eigenvalue weighted by Gasteiger charge is 2.61. The fourth-order valence-corrected chi connectivity index (χ4v) is 4.55. The van der Waals surface area contributed by atoms with Gasteiger partial charge < -0.3 is 0 Å². The lowest BCUT2D eigenvalue weighted by Gasteiger charge is -2.55. The maximum atomic E-state index is 2.42. The molecular formula is C18H18. The molecule has 4 rings (SSSR count). The first kappa shape index (κ1) is 10.4. The number of hydrogen-bond donors (Lipinski definition) is 0. The van der Waals surface area contributed by atoms with Crippen LogP contribution in [-0.4, -0.2) is 0 Å². The second-order valence-corrected chi connectivity index (χ2v) is 6.21. The minimum Gasteiger partial charge on any atom is -0.0619 e. The van der Waals surface area contributed by atoms with Crippen molar-refractivity contribution in [1.82, 2.24) is 0 Å². The lowest BCUT2D eigenvalue weighted by atomic mass is 9.48. The third-order valence-electron chi connectivity index (χ3n) is 6.04. The van der Waals surface area contributed by atoms with Gasteiger partial charge in [-0.05, 0) is 35.7 Å². The summed E-state index contributed by atoms with van der Waals surface area (Å²) in [6.45, 7) is 9.46. The molecule has 0 N–H and O–H groups in total. The molecule has 2 atom stereocenters. The molecule has 2 aromatic rings. The summed E-state index contributed by atoms with van der Waals surface area (Å²) < 4.78 is 0. The summed E-state index contributed by atoms with van der Waals surface area (Å²) >= 11 is 0. The Morgan fingerprint density at radius 1 is 0.722 bits per heavy atom. The smallest absolute Gasteiger partial charge is 0.0271 e. The van der Waals surface area contributed by atoms with E-state index in [0.29, 0.717) is 0 Å². The second-order valence-electron chi connectivity index (χ2n) is 6.21. The summed E-state index contributed by atoms with van der Waals surface area (Å²) in [5.41, 5.74) is 6.60. The Morgan fingerprint density at radius 2 is 1.17 bits per heavy atom. The monoisotopic (exact) mass is 234 g/mol. The molecule has 90 valence electrons. The van der Waals surface area contributed by atoms with Crippen LogP contribution in [-0.2, 0) is 10.8 Å². The first-order chi connectivity index (χ1) is 8.53. The number of allylic oxidation sites excluding steroid dienone is 2.